The summed E-state index contributed by atoms with van der Waals surface area (Å²) in [5.41, 5.74) is -0.906. The van der Waals surface area contributed by atoms with Gasteiger partial charge in [0.25, 0.3) is 0 Å². The fraction of sp³-hybridized carbons (Fsp3) is 0.857. The molecule has 4 aliphatic carbocycles. The molecule has 3 N–H and O–H groups in total. The van der Waals surface area contributed by atoms with E-state index in [1.165, 1.54) is 12.0 Å². The van der Waals surface area contributed by atoms with Gasteiger partial charge in [0.2, 0.25) is 0 Å². The highest BCUT2D eigenvalue weighted by Gasteiger charge is 2.82. The largest absolute Gasteiger partial charge is 0.393 e. The molecule has 32 heavy (non-hydrogen) atoms. The Balaban J connectivity index is 1.48. The average Bonchev–Trinajstić information content (AvgIpc) is 3.34. The Labute approximate surface area is 194 Å². The lowest BCUT2D eigenvalue weighted by atomic mass is 9.45. The minimum Gasteiger partial charge on any atom is -0.393 e. The van der Waals surface area contributed by atoms with Crippen molar-refractivity contribution in [2.45, 2.75) is 110 Å². The second-order valence-electron chi connectivity index (χ2n) is 12.9. The molecule has 0 unspecified atom stereocenters. The first kappa shape index (κ1) is 23.1. The van der Waals surface area contributed by atoms with E-state index in [0.29, 0.717) is 42.4 Å². The maximum Gasteiger partial charge on any atom is 0.124 e. The molecule has 4 nitrogen and oxygen atoms in total. The molecule has 1 saturated heterocycles. The maximum atomic E-state index is 11.7. The van der Waals surface area contributed by atoms with Gasteiger partial charge in [-0.1, -0.05) is 59.8 Å². The van der Waals surface area contributed by atoms with Crippen molar-refractivity contribution in [1.29, 1.82) is 0 Å². The van der Waals surface area contributed by atoms with Crippen LogP contribution in [0, 0.1) is 40.4 Å². The van der Waals surface area contributed by atoms with E-state index < -0.39 is 28.8 Å². The van der Waals surface area contributed by atoms with Crippen molar-refractivity contribution in [2.75, 3.05) is 0 Å². The van der Waals surface area contributed by atoms with E-state index in [1.54, 1.807) is 0 Å². The Hall–Kier alpha value is -0.680. The number of hydrogen-bond acceptors (Lipinski definition) is 4. The van der Waals surface area contributed by atoms with Gasteiger partial charge in [0, 0.05) is 11.8 Å². The normalized spacial score (nSPS) is 53.8. The van der Waals surface area contributed by atoms with Crippen LogP contribution in [0.5, 0.6) is 0 Å². The van der Waals surface area contributed by atoms with Crippen LogP contribution in [0.15, 0.2) is 23.8 Å². The summed E-state index contributed by atoms with van der Waals surface area (Å²) in [5, 5.41) is 33.2. The van der Waals surface area contributed by atoms with Crippen LogP contribution in [0.3, 0.4) is 0 Å². The van der Waals surface area contributed by atoms with E-state index in [-0.39, 0.29) is 17.9 Å². The van der Waals surface area contributed by atoms with E-state index >= 15 is 0 Å². The number of aliphatic hydroxyl groups is 3. The Morgan fingerprint density at radius 1 is 1.03 bits per heavy atom. The number of ether oxygens (including phenoxy) is 1. The van der Waals surface area contributed by atoms with Gasteiger partial charge in [-0.05, 0) is 72.7 Å². The fourth-order valence-corrected chi connectivity index (χ4v) is 8.59. The SMILES string of the molecule is CC(C)[C@@H](C)/C=C/[C@@H](C)[C@H]1CC[C@H]2C3=C[C@@H](O)[C@@]4(O)C[C@@H](O)CC[C@]4(C)[C@]34O[C@@H]4C[C@]12C. The van der Waals surface area contributed by atoms with E-state index in [1.807, 2.05) is 6.08 Å². The third-order valence-electron chi connectivity index (χ3n) is 11.1. The van der Waals surface area contributed by atoms with Gasteiger partial charge in [-0.25, -0.2) is 0 Å². The zero-order valence-electron chi connectivity index (χ0n) is 20.8. The summed E-state index contributed by atoms with van der Waals surface area (Å²) in [6.07, 6.45) is 10.4. The molecule has 4 heteroatoms. The van der Waals surface area contributed by atoms with Crippen molar-refractivity contribution >= 4 is 0 Å². The topological polar surface area (TPSA) is 73.2 Å². The number of aliphatic hydroxyl groups excluding tert-OH is 2. The standard InChI is InChI=1S/C28H44O4/c1-16(2)17(3)7-8-18(4)20-9-10-21-22-13-23(30)27(31)14-19(29)11-12-26(27,6)28(22)24(32-28)15-25(20,21)5/h7-8,13,16-21,23-24,29-31H,9-12,14-15H2,1-6H3/b8-7+/t17-,18+,19-,20+,21-,23+,24+,25+,26-,27-,28-/m0/s1. The van der Waals surface area contributed by atoms with Crippen molar-refractivity contribution in [3.63, 3.8) is 0 Å². The monoisotopic (exact) mass is 444 g/mol. The van der Waals surface area contributed by atoms with Gasteiger partial charge in [0.1, 0.15) is 17.3 Å². The number of fused-ring (bicyclic) bond motifs is 3. The number of hydrogen-bond donors (Lipinski definition) is 3. The summed E-state index contributed by atoms with van der Waals surface area (Å²) in [6, 6.07) is 0. The lowest BCUT2D eigenvalue weighted by molar-refractivity contribution is -0.210. The molecule has 5 aliphatic rings. The third kappa shape index (κ3) is 2.76. The lowest BCUT2D eigenvalue weighted by Crippen LogP contribution is -2.69. The molecule has 0 aromatic heterocycles. The van der Waals surface area contributed by atoms with Gasteiger partial charge in [0.05, 0.1) is 12.2 Å². The van der Waals surface area contributed by atoms with Crippen molar-refractivity contribution in [3.8, 4) is 0 Å². The molecule has 5 rings (SSSR count). The quantitative estimate of drug-likeness (QED) is 0.437. The van der Waals surface area contributed by atoms with Crippen molar-refractivity contribution in [1.82, 2.24) is 0 Å². The Morgan fingerprint density at radius 2 is 1.75 bits per heavy atom. The molecule has 1 spiro atoms. The maximum absolute atomic E-state index is 11.7. The molecule has 0 aromatic rings. The smallest absolute Gasteiger partial charge is 0.124 e. The van der Waals surface area contributed by atoms with E-state index in [9.17, 15) is 15.3 Å². The molecule has 1 heterocycles. The highest BCUT2D eigenvalue weighted by atomic mass is 16.6. The molecule has 180 valence electrons. The first-order valence-electron chi connectivity index (χ1n) is 13.1. The number of allylic oxidation sites excluding steroid dienone is 2. The van der Waals surface area contributed by atoms with E-state index in [4.69, 9.17) is 4.74 Å². The van der Waals surface area contributed by atoms with Crippen LogP contribution < -0.4 is 0 Å². The molecule has 3 saturated carbocycles. The van der Waals surface area contributed by atoms with Crippen LogP contribution in [-0.4, -0.2) is 44.8 Å². The van der Waals surface area contributed by atoms with Crippen LogP contribution in [0.2, 0.25) is 0 Å². The minimum atomic E-state index is -1.32. The molecule has 4 fully saturated rings. The summed E-state index contributed by atoms with van der Waals surface area (Å²) in [7, 11) is 0. The van der Waals surface area contributed by atoms with Gasteiger partial charge in [-0.2, -0.15) is 0 Å². The van der Waals surface area contributed by atoms with Gasteiger partial charge in [-0.3, -0.25) is 0 Å². The second kappa shape index (κ2) is 7.16. The predicted octanol–water partition coefficient (Wildman–Crippen LogP) is 4.63. The predicted molar refractivity (Wildman–Crippen MR) is 126 cm³/mol. The Bertz CT molecular complexity index is 833. The number of epoxide rings is 1. The van der Waals surface area contributed by atoms with Crippen molar-refractivity contribution < 1.29 is 20.1 Å². The second-order valence-corrected chi connectivity index (χ2v) is 12.9. The van der Waals surface area contributed by atoms with Gasteiger partial charge in [-0.15, -0.1) is 0 Å². The molecular formula is C28H44O4. The summed E-state index contributed by atoms with van der Waals surface area (Å²) < 4.78 is 6.61. The first-order valence-corrected chi connectivity index (χ1v) is 13.1. The first-order chi connectivity index (χ1) is 14.9. The summed E-state index contributed by atoms with van der Waals surface area (Å²) in [6.45, 7) is 13.8. The number of rotatable bonds is 4. The molecule has 0 aromatic carbocycles. The molecule has 0 amide bonds. The Morgan fingerprint density at radius 3 is 2.44 bits per heavy atom. The van der Waals surface area contributed by atoms with Gasteiger partial charge >= 0.3 is 0 Å². The minimum absolute atomic E-state index is 0.112. The highest BCUT2D eigenvalue weighted by Crippen LogP contribution is 2.76. The van der Waals surface area contributed by atoms with Crippen LogP contribution >= 0.6 is 0 Å². The summed E-state index contributed by atoms with van der Waals surface area (Å²) in [4.78, 5) is 0. The third-order valence-corrected chi connectivity index (χ3v) is 11.1. The van der Waals surface area contributed by atoms with Gasteiger partial charge in [0.15, 0.2) is 0 Å². The molecule has 11 atom stereocenters. The highest BCUT2D eigenvalue weighted by molar-refractivity contribution is 5.47. The van der Waals surface area contributed by atoms with Crippen LogP contribution in [0.1, 0.15) is 80.1 Å². The molecular weight excluding hydrogens is 400 g/mol. The van der Waals surface area contributed by atoms with Crippen LogP contribution in [0.4, 0.5) is 0 Å². The molecule has 0 radical (unpaired) electrons. The summed E-state index contributed by atoms with van der Waals surface area (Å²) in [5.74, 6) is 2.76. The molecule has 1 aliphatic heterocycles. The molecule has 0 bridgehead atoms. The van der Waals surface area contributed by atoms with Crippen LogP contribution in [-0.2, 0) is 4.74 Å². The fourth-order valence-electron chi connectivity index (χ4n) is 8.59. The zero-order chi connectivity index (χ0) is 23.3. The Kier molecular flexibility index (Phi) is 5.17. The lowest BCUT2D eigenvalue weighted by Gasteiger charge is -2.60. The van der Waals surface area contributed by atoms with Crippen LogP contribution in [0.25, 0.3) is 0 Å². The van der Waals surface area contributed by atoms with Crippen molar-refractivity contribution in [3.05, 3.63) is 23.8 Å². The van der Waals surface area contributed by atoms with E-state index in [2.05, 4.69) is 53.7 Å². The average molecular weight is 445 g/mol. The van der Waals surface area contributed by atoms with E-state index in [0.717, 1.165) is 12.8 Å². The van der Waals surface area contributed by atoms with Gasteiger partial charge < -0.3 is 20.1 Å². The van der Waals surface area contributed by atoms with Crippen molar-refractivity contribution in [2.24, 2.45) is 40.4 Å². The zero-order valence-corrected chi connectivity index (χ0v) is 20.8. The summed E-state index contributed by atoms with van der Waals surface area (Å²) >= 11 is 0.